The summed E-state index contributed by atoms with van der Waals surface area (Å²) in [5.41, 5.74) is 8.77. The monoisotopic (exact) mass is 439 g/mol. The number of nitrogens with zero attached hydrogens (tertiary/aromatic N) is 6. The van der Waals surface area contributed by atoms with Crippen molar-refractivity contribution in [3.63, 3.8) is 0 Å². The Balaban J connectivity index is 1.49. The predicted octanol–water partition coefficient (Wildman–Crippen LogP) is 2.81. The predicted molar refractivity (Wildman–Crippen MR) is 126 cm³/mol. The molecule has 0 aliphatic carbocycles. The summed E-state index contributed by atoms with van der Waals surface area (Å²) >= 11 is 0. The van der Waals surface area contributed by atoms with Gasteiger partial charge in [-0.15, -0.1) is 0 Å². The Morgan fingerprint density at radius 1 is 1.38 bits per heavy atom. The fourth-order valence-corrected chi connectivity index (χ4v) is 3.64. The van der Waals surface area contributed by atoms with Gasteiger partial charge in [0.2, 0.25) is 0 Å². The number of ether oxygens (including phenoxy) is 1. The van der Waals surface area contributed by atoms with E-state index in [0.29, 0.717) is 41.9 Å². The van der Waals surface area contributed by atoms with Crippen LogP contribution in [0.5, 0.6) is 0 Å². The maximum atomic E-state index is 8.01. The van der Waals surface area contributed by atoms with Gasteiger partial charge in [-0.3, -0.25) is 9.89 Å². The van der Waals surface area contributed by atoms with Crippen molar-refractivity contribution in [2.45, 2.75) is 33.2 Å². The zero-order valence-corrected chi connectivity index (χ0v) is 18.3. The molecule has 3 aromatic rings. The first-order valence-electron chi connectivity index (χ1n) is 12.8. The van der Waals surface area contributed by atoms with Crippen LogP contribution in [0.25, 0.3) is 5.52 Å². The molecule has 3 N–H and O–H groups in total. The molecular weight excluding hydrogens is 404 g/mol. The number of hydrogen-bond donors (Lipinski definition) is 2. The standard InChI is InChI=1S/C23H30N8O/c1-5-30-8-7-18(30)14-32-20(13-24)23(25-4)17-6-9-31-19(11-17)12-22(29-31)28-21-10-15(2)26-16(3)27-21/h6,9-13,18H,5,7-8,14,24H2,1-4H3,(H,26,27,28,29)/b20-13+,25-23?/t18-/m1/s1/i1D3,5D2. The third kappa shape index (κ3) is 4.57. The first kappa shape index (κ1) is 16.2. The molecule has 4 rings (SSSR count). The van der Waals surface area contributed by atoms with Gasteiger partial charge in [0.15, 0.2) is 11.6 Å². The summed E-state index contributed by atoms with van der Waals surface area (Å²) in [6, 6.07) is 7.06. The molecule has 0 spiro atoms. The first-order chi connectivity index (χ1) is 17.4. The minimum atomic E-state index is -2.76. The molecule has 4 heterocycles. The van der Waals surface area contributed by atoms with Gasteiger partial charge in [-0.1, -0.05) is 6.85 Å². The van der Waals surface area contributed by atoms with Crippen molar-refractivity contribution in [1.82, 2.24) is 24.5 Å². The van der Waals surface area contributed by atoms with E-state index in [1.54, 1.807) is 17.8 Å². The Hall–Kier alpha value is -3.46. The van der Waals surface area contributed by atoms with E-state index in [-0.39, 0.29) is 12.6 Å². The van der Waals surface area contributed by atoms with E-state index in [1.807, 2.05) is 38.1 Å². The lowest BCUT2D eigenvalue weighted by atomic mass is 10.0. The van der Waals surface area contributed by atoms with E-state index >= 15 is 0 Å². The number of aliphatic imine (C=N–C) groups is 1. The van der Waals surface area contributed by atoms with E-state index in [0.717, 1.165) is 16.8 Å². The zero-order valence-electron chi connectivity index (χ0n) is 23.3. The van der Waals surface area contributed by atoms with Crippen LogP contribution >= 0.6 is 0 Å². The summed E-state index contributed by atoms with van der Waals surface area (Å²) in [6.07, 6.45) is 3.72. The molecule has 1 aliphatic rings. The summed E-state index contributed by atoms with van der Waals surface area (Å²) in [5, 5.41) is 7.73. The van der Waals surface area contributed by atoms with E-state index in [2.05, 4.69) is 25.4 Å². The first-order valence-corrected chi connectivity index (χ1v) is 10.3. The van der Waals surface area contributed by atoms with Crippen molar-refractivity contribution in [2.75, 3.05) is 32.0 Å². The average molecular weight is 440 g/mol. The molecular formula is C23H30N8O. The molecule has 0 unspecified atom stereocenters. The summed E-state index contributed by atoms with van der Waals surface area (Å²) in [5.74, 6) is 2.25. The third-order valence-electron chi connectivity index (χ3n) is 5.29. The highest BCUT2D eigenvalue weighted by Crippen LogP contribution is 2.21. The van der Waals surface area contributed by atoms with Crippen LogP contribution in [0.4, 0.5) is 11.6 Å². The molecule has 0 amide bonds. The van der Waals surface area contributed by atoms with Crippen molar-refractivity contribution >= 4 is 22.9 Å². The number of fused-ring (bicyclic) bond motifs is 1. The number of pyridine rings is 1. The van der Waals surface area contributed by atoms with Crippen LogP contribution in [0.15, 0.2) is 47.4 Å². The van der Waals surface area contributed by atoms with Crippen LogP contribution in [-0.4, -0.2) is 62.9 Å². The quantitative estimate of drug-likeness (QED) is 0.411. The lowest BCUT2D eigenvalue weighted by Gasteiger charge is -2.40. The minimum absolute atomic E-state index is 0.0818. The molecule has 9 heteroatoms. The Kier molecular flexibility index (Phi) is 4.74. The third-order valence-corrected chi connectivity index (χ3v) is 5.29. The van der Waals surface area contributed by atoms with Gasteiger partial charge in [-0.2, -0.15) is 5.10 Å². The number of rotatable bonds is 8. The molecule has 32 heavy (non-hydrogen) atoms. The van der Waals surface area contributed by atoms with Crippen molar-refractivity contribution in [3.05, 3.63) is 59.5 Å². The second-order valence-corrected chi connectivity index (χ2v) is 7.54. The highest BCUT2D eigenvalue weighted by Gasteiger charge is 2.27. The van der Waals surface area contributed by atoms with Crippen molar-refractivity contribution in [2.24, 2.45) is 10.7 Å². The van der Waals surface area contributed by atoms with E-state index in [1.165, 1.54) is 11.1 Å². The van der Waals surface area contributed by atoms with E-state index in [4.69, 9.17) is 17.3 Å². The number of likely N-dealkylation sites (N-methyl/N-ethyl adjacent to an activating group) is 1. The van der Waals surface area contributed by atoms with Gasteiger partial charge in [0.05, 0.1) is 5.52 Å². The van der Waals surface area contributed by atoms with Gasteiger partial charge in [0.1, 0.15) is 24.0 Å². The Morgan fingerprint density at radius 2 is 2.25 bits per heavy atom. The minimum Gasteiger partial charge on any atom is -0.488 e. The lowest BCUT2D eigenvalue weighted by molar-refractivity contribution is 0.0367. The number of aromatic nitrogens is 4. The number of likely N-dealkylation sites (tertiary alicyclic amines) is 1. The summed E-state index contributed by atoms with van der Waals surface area (Å²) in [6.45, 7) is -1.03. The number of hydrogen-bond acceptors (Lipinski definition) is 8. The highest BCUT2D eigenvalue weighted by atomic mass is 16.5. The molecule has 1 saturated heterocycles. The molecule has 3 aromatic heterocycles. The molecule has 9 nitrogen and oxygen atoms in total. The van der Waals surface area contributed by atoms with Gasteiger partial charge >= 0.3 is 0 Å². The Labute approximate surface area is 195 Å². The summed E-state index contributed by atoms with van der Waals surface area (Å²) in [7, 11) is 1.62. The molecule has 0 saturated carbocycles. The smallest absolute Gasteiger partial charge is 0.160 e. The van der Waals surface area contributed by atoms with Gasteiger partial charge in [-0.25, -0.2) is 14.5 Å². The van der Waals surface area contributed by atoms with Crippen molar-refractivity contribution < 1.29 is 11.6 Å². The number of nitrogens with two attached hydrogens (primary N) is 1. The Bertz CT molecular complexity index is 1330. The number of allylic oxidation sites excluding steroid dienone is 1. The highest BCUT2D eigenvalue weighted by molar-refractivity contribution is 6.11. The summed E-state index contributed by atoms with van der Waals surface area (Å²) < 4.78 is 46.2. The topological polar surface area (TPSA) is 106 Å². The van der Waals surface area contributed by atoms with Crippen LogP contribution in [0.1, 0.15) is 37.2 Å². The van der Waals surface area contributed by atoms with Gasteiger partial charge in [0.25, 0.3) is 0 Å². The second kappa shape index (κ2) is 9.35. The fraction of sp³-hybridized carbons (Fsp3) is 0.391. The molecule has 1 atom stereocenters. The van der Waals surface area contributed by atoms with Crippen LogP contribution in [0, 0.1) is 13.8 Å². The molecule has 0 radical (unpaired) electrons. The number of anilines is 2. The van der Waals surface area contributed by atoms with Gasteiger partial charge in [0, 0.05) is 62.3 Å². The van der Waals surface area contributed by atoms with Gasteiger partial charge in [-0.05, 0) is 38.9 Å². The van der Waals surface area contributed by atoms with E-state index in [9.17, 15) is 0 Å². The molecule has 0 aromatic carbocycles. The van der Waals surface area contributed by atoms with Crippen LogP contribution in [-0.2, 0) is 4.74 Å². The second-order valence-electron chi connectivity index (χ2n) is 7.54. The molecule has 1 fully saturated rings. The largest absolute Gasteiger partial charge is 0.488 e. The van der Waals surface area contributed by atoms with Crippen molar-refractivity contribution in [3.8, 4) is 0 Å². The van der Waals surface area contributed by atoms with Crippen molar-refractivity contribution in [1.29, 1.82) is 0 Å². The van der Waals surface area contributed by atoms with Crippen LogP contribution in [0.2, 0.25) is 0 Å². The fourth-order valence-electron chi connectivity index (χ4n) is 3.64. The van der Waals surface area contributed by atoms with Gasteiger partial charge < -0.3 is 15.8 Å². The molecule has 0 bridgehead atoms. The number of aryl methyl sites for hydroxylation is 2. The maximum absolute atomic E-state index is 8.01. The normalized spacial score (nSPS) is 20.6. The SMILES string of the molecule is [2H]C([2H])([2H])C([2H])([2H])N1CC[C@@H]1CO/C(=C/N)C(=NC)c1ccn2nc(Nc3cc(C)nc(C)n3)cc2c1. The van der Waals surface area contributed by atoms with E-state index < -0.39 is 13.3 Å². The number of nitrogens with one attached hydrogen (secondary N) is 1. The lowest BCUT2D eigenvalue weighted by Crippen LogP contribution is -2.49. The molecule has 168 valence electrons. The summed E-state index contributed by atoms with van der Waals surface area (Å²) in [4.78, 5) is 14.3. The Morgan fingerprint density at radius 3 is 2.94 bits per heavy atom. The van der Waals surface area contributed by atoms with Crippen LogP contribution < -0.4 is 11.1 Å². The zero-order chi connectivity index (χ0) is 27.0. The average Bonchev–Trinajstić information content (AvgIpc) is 3.17. The van der Waals surface area contributed by atoms with Crippen LogP contribution in [0.3, 0.4) is 0 Å². The molecule has 1 aliphatic heterocycles. The maximum Gasteiger partial charge on any atom is 0.160 e.